The highest BCUT2D eigenvalue weighted by Crippen LogP contribution is 2.06. The van der Waals surface area contributed by atoms with Gasteiger partial charge in [-0.05, 0) is 17.7 Å². The zero-order valence-corrected chi connectivity index (χ0v) is 11.3. The first kappa shape index (κ1) is 14.0. The third-order valence-electron chi connectivity index (χ3n) is 2.53. The Hall–Kier alpha value is -2.04. The molecule has 1 rings (SSSR count). The number of benzene rings is 1. The van der Waals surface area contributed by atoms with Gasteiger partial charge in [0.25, 0.3) is 5.91 Å². The fraction of sp³-hybridized carbons (Fsp3) is 0.385. The topological polar surface area (TPSA) is 56.7 Å². The van der Waals surface area contributed by atoms with Crippen molar-refractivity contribution in [1.82, 2.24) is 15.5 Å². The van der Waals surface area contributed by atoms with E-state index in [4.69, 9.17) is 0 Å². The molecule has 1 aromatic rings. The summed E-state index contributed by atoms with van der Waals surface area (Å²) in [5, 5.41) is 6.09. The van der Waals surface area contributed by atoms with E-state index in [0.29, 0.717) is 12.1 Å². The molecule has 5 nitrogen and oxygen atoms in total. The van der Waals surface area contributed by atoms with Gasteiger partial charge in [0.2, 0.25) is 0 Å². The van der Waals surface area contributed by atoms with Crippen molar-refractivity contribution >= 4 is 11.9 Å². The molecule has 0 fully saturated rings. The molecule has 5 heteroatoms. The Balaban J connectivity index is 2.63. The van der Waals surface area contributed by atoms with Crippen molar-refractivity contribution in [2.24, 2.45) is 4.99 Å². The summed E-state index contributed by atoms with van der Waals surface area (Å²) in [6, 6.07) is 7.54. The van der Waals surface area contributed by atoms with Crippen LogP contribution in [0.5, 0.6) is 0 Å². The van der Waals surface area contributed by atoms with Gasteiger partial charge in [-0.2, -0.15) is 0 Å². The molecule has 1 aromatic carbocycles. The molecule has 0 saturated carbocycles. The maximum absolute atomic E-state index is 11.7. The Bertz CT molecular complexity index is 423. The van der Waals surface area contributed by atoms with Gasteiger partial charge in [-0.25, -0.2) is 0 Å². The van der Waals surface area contributed by atoms with Crippen LogP contribution in [0.3, 0.4) is 0 Å². The van der Waals surface area contributed by atoms with Crippen LogP contribution in [0.15, 0.2) is 29.3 Å². The normalized spacial score (nSPS) is 11.0. The second-order valence-electron chi connectivity index (χ2n) is 4.07. The number of hydrogen-bond acceptors (Lipinski definition) is 2. The monoisotopic (exact) mass is 248 g/mol. The minimum absolute atomic E-state index is 0.0144. The summed E-state index contributed by atoms with van der Waals surface area (Å²) in [5.41, 5.74) is 1.79. The molecule has 0 unspecified atom stereocenters. The molecule has 0 aliphatic rings. The van der Waals surface area contributed by atoms with Crippen molar-refractivity contribution in [2.75, 3.05) is 28.2 Å². The number of amides is 1. The van der Waals surface area contributed by atoms with E-state index < -0.39 is 0 Å². The van der Waals surface area contributed by atoms with E-state index in [9.17, 15) is 4.79 Å². The van der Waals surface area contributed by atoms with Gasteiger partial charge in [-0.15, -0.1) is 0 Å². The van der Waals surface area contributed by atoms with Crippen LogP contribution >= 0.6 is 0 Å². The van der Waals surface area contributed by atoms with E-state index in [-0.39, 0.29) is 5.91 Å². The number of rotatable bonds is 3. The first-order chi connectivity index (χ1) is 8.58. The zero-order valence-electron chi connectivity index (χ0n) is 11.3. The van der Waals surface area contributed by atoms with Crippen LogP contribution in [0.4, 0.5) is 0 Å². The van der Waals surface area contributed by atoms with E-state index in [1.807, 2.05) is 31.3 Å². The highest BCUT2D eigenvalue weighted by Gasteiger charge is 2.06. The molecule has 0 radical (unpaired) electrons. The Morgan fingerprint density at radius 1 is 1.28 bits per heavy atom. The van der Waals surface area contributed by atoms with E-state index >= 15 is 0 Å². The maximum Gasteiger partial charge on any atom is 0.253 e. The lowest BCUT2D eigenvalue weighted by atomic mass is 10.1. The summed E-state index contributed by atoms with van der Waals surface area (Å²) in [4.78, 5) is 17.3. The number of carbonyl (C=O) groups excluding carboxylic acids is 1. The third-order valence-corrected chi connectivity index (χ3v) is 2.53. The van der Waals surface area contributed by atoms with Gasteiger partial charge in [-0.1, -0.05) is 12.1 Å². The molecule has 2 N–H and O–H groups in total. The number of aliphatic imine (C=N–C) groups is 1. The molecule has 0 heterocycles. The SMILES string of the molecule is CN=C(NC)NCc1ccc(C(=O)N(C)C)cc1. The molecule has 0 bridgehead atoms. The zero-order chi connectivity index (χ0) is 13.5. The highest BCUT2D eigenvalue weighted by molar-refractivity contribution is 5.93. The Morgan fingerprint density at radius 2 is 1.89 bits per heavy atom. The van der Waals surface area contributed by atoms with Gasteiger partial charge in [-0.3, -0.25) is 9.79 Å². The van der Waals surface area contributed by atoms with Crippen molar-refractivity contribution in [2.45, 2.75) is 6.54 Å². The molecule has 0 spiro atoms. The molecular formula is C13H20N4O. The van der Waals surface area contributed by atoms with Crippen molar-refractivity contribution in [3.05, 3.63) is 35.4 Å². The smallest absolute Gasteiger partial charge is 0.253 e. The van der Waals surface area contributed by atoms with Gasteiger partial charge < -0.3 is 15.5 Å². The summed E-state index contributed by atoms with van der Waals surface area (Å²) in [6.07, 6.45) is 0. The highest BCUT2D eigenvalue weighted by atomic mass is 16.2. The van der Waals surface area contributed by atoms with Crippen molar-refractivity contribution in [3.63, 3.8) is 0 Å². The molecule has 0 atom stereocenters. The van der Waals surface area contributed by atoms with Gasteiger partial charge in [0.1, 0.15) is 0 Å². The molecule has 98 valence electrons. The molecule has 0 aliphatic carbocycles. The molecule has 0 aromatic heterocycles. The number of guanidine groups is 1. The standard InChI is InChI=1S/C13H20N4O/c1-14-13(15-2)16-9-10-5-7-11(8-6-10)12(18)17(3)4/h5-8H,9H2,1-4H3,(H2,14,15,16). The predicted octanol–water partition coefficient (Wildman–Crippen LogP) is 0.683. The summed E-state index contributed by atoms with van der Waals surface area (Å²) in [7, 11) is 7.02. The van der Waals surface area contributed by atoms with Crippen LogP contribution in [0.2, 0.25) is 0 Å². The van der Waals surface area contributed by atoms with E-state index in [0.717, 1.165) is 11.5 Å². The van der Waals surface area contributed by atoms with Crippen LogP contribution < -0.4 is 10.6 Å². The lowest BCUT2D eigenvalue weighted by Crippen LogP contribution is -2.34. The average molecular weight is 248 g/mol. The average Bonchev–Trinajstić information content (AvgIpc) is 2.39. The Kier molecular flexibility index (Phi) is 5.17. The summed E-state index contributed by atoms with van der Waals surface area (Å²) in [6.45, 7) is 0.671. The van der Waals surface area contributed by atoms with Crippen molar-refractivity contribution in [1.29, 1.82) is 0 Å². The van der Waals surface area contributed by atoms with Crippen molar-refractivity contribution < 1.29 is 4.79 Å². The summed E-state index contributed by atoms with van der Waals surface area (Å²) < 4.78 is 0. The maximum atomic E-state index is 11.7. The van der Waals surface area contributed by atoms with Crippen LogP contribution in [0, 0.1) is 0 Å². The number of nitrogens with one attached hydrogen (secondary N) is 2. The Labute approximate surface area is 108 Å². The van der Waals surface area contributed by atoms with Crippen LogP contribution in [0.1, 0.15) is 15.9 Å². The molecule has 0 aliphatic heterocycles. The second kappa shape index (κ2) is 6.64. The minimum atomic E-state index is 0.0144. The first-order valence-electron chi connectivity index (χ1n) is 5.77. The lowest BCUT2D eigenvalue weighted by molar-refractivity contribution is 0.0827. The third kappa shape index (κ3) is 3.76. The van der Waals surface area contributed by atoms with Gasteiger partial charge in [0, 0.05) is 40.3 Å². The lowest BCUT2D eigenvalue weighted by Gasteiger charge is -2.11. The van der Waals surface area contributed by atoms with Crippen LogP contribution in [-0.2, 0) is 6.54 Å². The van der Waals surface area contributed by atoms with E-state index in [1.165, 1.54) is 0 Å². The first-order valence-corrected chi connectivity index (χ1v) is 5.77. The quantitative estimate of drug-likeness (QED) is 0.611. The molecule has 18 heavy (non-hydrogen) atoms. The fourth-order valence-corrected chi connectivity index (χ4v) is 1.49. The van der Waals surface area contributed by atoms with E-state index in [1.54, 1.807) is 26.0 Å². The Morgan fingerprint density at radius 3 is 2.33 bits per heavy atom. The van der Waals surface area contributed by atoms with Crippen LogP contribution in [0.25, 0.3) is 0 Å². The second-order valence-corrected chi connectivity index (χ2v) is 4.07. The largest absolute Gasteiger partial charge is 0.359 e. The molecular weight excluding hydrogens is 228 g/mol. The van der Waals surface area contributed by atoms with Gasteiger partial charge in [0.05, 0.1) is 0 Å². The van der Waals surface area contributed by atoms with Crippen LogP contribution in [-0.4, -0.2) is 45.0 Å². The number of carbonyl (C=O) groups is 1. The van der Waals surface area contributed by atoms with E-state index in [2.05, 4.69) is 15.6 Å². The minimum Gasteiger partial charge on any atom is -0.359 e. The summed E-state index contributed by atoms with van der Waals surface area (Å²) in [5.74, 6) is 0.754. The summed E-state index contributed by atoms with van der Waals surface area (Å²) >= 11 is 0. The van der Waals surface area contributed by atoms with Gasteiger partial charge in [0.15, 0.2) is 5.96 Å². The number of hydrogen-bond donors (Lipinski definition) is 2. The molecule has 1 amide bonds. The fourth-order valence-electron chi connectivity index (χ4n) is 1.49. The predicted molar refractivity (Wildman–Crippen MR) is 73.7 cm³/mol. The number of nitrogens with zero attached hydrogens (tertiary/aromatic N) is 2. The van der Waals surface area contributed by atoms with Gasteiger partial charge >= 0.3 is 0 Å². The molecule has 0 saturated heterocycles. The van der Waals surface area contributed by atoms with Crippen molar-refractivity contribution in [3.8, 4) is 0 Å².